The van der Waals surface area contributed by atoms with Crippen molar-refractivity contribution < 1.29 is 22.6 Å². The van der Waals surface area contributed by atoms with Gasteiger partial charge in [0.15, 0.2) is 0 Å². The number of fused-ring (bicyclic) bond motifs is 1. The van der Waals surface area contributed by atoms with Crippen LogP contribution in [-0.2, 0) is 19.5 Å². The molecule has 11 heteroatoms. The Labute approximate surface area is 201 Å². The van der Waals surface area contributed by atoms with Gasteiger partial charge in [0.2, 0.25) is 21.9 Å². The SMILES string of the molecule is COC[C@H](C)Nc1ncc2c(OC3CCOCC3)ncc(C3CCC(NS(C)(=O)=O)CC3)c2n1. The lowest BCUT2D eigenvalue weighted by Crippen LogP contribution is -2.36. The predicted molar refractivity (Wildman–Crippen MR) is 130 cm³/mol. The summed E-state index contributed by atoms with van der Waals surface area (Å²) in [5, 5.41) is 4.09. The fourth-order valence-electron chi connectivity index (χ4n) is 4.77. The molecule has 0 spiro atoms. The largest absolute Gasteiger partial charge is 0.474 e. The molecule has 1 atom stereocenters. The van der Waals surface area contributed by atoms with E-state index < -0.39 is 10.0 Å². The fourth-order valence-corrected chi connectivity index (χ4v) is 5.61. The molecule has 2 aromatic heterocycles. The van der Waals surface area contributed by atoms with Gasteiger partial charge in [-0.25, -0.2) is 28.1 Å². The first-order valence-corrected chi connectivity index (χ1v) is 13.8. The Morgan fingerprint density at radius 1 is 1.12 bits per heavy atom. The topological polar surface area (TPSA) is 125 Å². The molecule has 34 heavy (non-hydrogen) atoms. The van der Waals surface area contributed by atoms with Crippen molar-refractivity contribution in [3.05, 3.63) is 18.0 Å². The number of rotatable bonds is 9. The summed E-state index contributed by atoms with van der Waals surface area (Å²) in [5.74, 6) is 1.33. The maximum Gasteiger partial charge on any atom is 0.224 e. The van der Waals surface area contributed by atoms with Crippen LogP contribution in [0.2, 0.25) is 0 Å². The number of aromatic nitrogens is 3. The normalized spacial score (nSPS) is 23.0. The lowest BCUT2D eigenvalue weighted by Gasteiger charge is -2.29. The Bertz CT molecular complexity index is 1070. The second-order valence-corrected chi connectivity index (χ2v) is 11.1. The van der Waals surface area contributed by atoms with Crippen molar-refractivity contribution in [3.8, 4) is 5.88 Å². The number of anilines is 1. The summed E-state index contributed by atoms with van der Waals surface area (Å²) in [6, 6.07) is 0.0338. The number of hydrogen-bond acceptors (Lipinski definition) is 9. The molecule has 1 saturated heterocycles. The molecule has 2 aliphatic rings. The molecule has 3 heterocycles. The number of methoxy groups -OCH3 is 1. The smallest absolute Gasteiger partial charge is 0.224 e. The van der Waals surface area contributed by atoms with Crippen molar-refractivity contribution in [2.45, 2.75) is 69.6 Å². The molecule has 0 unspecified atom stereocenters. The summed E-state index contributed by atoms with van der Waals surface area (Å²) in [4.78, 5) is 14.1. The molecule has 1 aliphatic carbocycles. The first-order chi connectivity index (χ1) is 16.3. The van der Waals surface area contributed by atoms with Gasteiger partial charge in [0.1, 0.15) is 6.10 Å². The van der Waals surface area contributed by atoms with Crippen molar-refractivity contribution in [1.29, 1.82) is 0 Å². The third-order valence-electron chi connectivity index (χ3n) is 6.40. The summed E-state index contributed by atoms with van der Waals surface area (Å²) in [6.07, 6.45) is 9.87. The van der Waals surface area contributed by atoms with Crippen molar-refractivity contribution in [3.63, 3.8) is 0 Å². The van der Waals surface area contributed by atoms with Crippen LogP contribution in [0.5, 0.6) is 5.88 Å². The third-order valence-corrected chi connectivity index (χ3v) is 7.16. The van der Waals surface area contributed by atoms with Crippen molar-refractivity contribution >= 4 is 26.9 Å². The zero-order valence-electron chi connectivity index (χ0n) is 20.1. The summed E-state index contributed by atoms with van der Waals surface area (Å²) in [5.41, 5.74) is 1.88. The van der Waals surface area contributed by atoms with Crippen LogP contribution in [0, 0.1) is 0 Å². The molecular weight excluding hydrogens is 458 g/mol. The molecule has 0 amide bonds. The number of nitrogens with zero attached hydrogens (tertiary/aromatic N) is 3. The number of pyridine rings is 1. The first kappa shape index (κ1) is 25.0. The van der Waals surface area contributed by atoms with Gasteiger partial charge < -0.3 is 19.5 Å². The van der Waals surface area contributed by atoms with Crippen LogP contribution in [0.25, 0.3) is 10.9 Å². The van der Waals surface area contributed by atoms with Crippen molar-refractivity contribution in [2.75, 3.05) is 38.5 Å². The summed E-state index contributed by atoms with van der Waals surface area (Å²) in [6.45, 7) is 3.93. The molecule has 188 valence electrons. The van der Waals surface area contributed by atoms with Gasteiger partial charge in [0.05, 0.1) is 37.0 Å². The number of ether oxygens (including phenoxy) is 3. The molecule has 2 fully saturated rings. The lowest BCUT2D eigenvalue weighted by atomic mass is 9.82. The van der Waals surface area contributed by atoms with Crippen molar-refractivity contribution in [1.82, 2.24) is 19.7 Å². The molecular formula is C23H35N5O5S. The van der Waals surface area contributed by atoms with Crippen LogP contribution in [0.15, 0.2) is 12.4 Å². The molecule has 2 aromatic rings. The van der Waals surface area contributed by atoms with Gasteiger partial charge in [-0.3, -0.25) is 0 Å². The third kappa shape index (κ3) is 6.53. The number of sulfonamides is 1. The Morgan fingerprint density at radius 3 is 2.53 bits per heavy atom. The number of nitrogens with one attached hydrogen (secondary N) is 2. The molecule has 0 aromatic carbocycles. The van der Waals surface area contributed by atoms with Crippen LogP contribution < -0.4 is 14.8 Å². The monoisotopic (exact) mass is 493 g/mol. The Morgan fingerprint density at radius 2 is 1.85 bits per heavy atom. The van der Waals surface area contributed by atoms with E-state index in [1.165, 1.54) is 6.26 Å². The molecule has 4 rings (SSSR count). The summed E-state index contributed by atoms with van der Waals surface area (Å²) >= 11 is 0. The first-order valence-electron chi connectivity index (χ1n) is 11.9. The second kappa shape index (κ2) is 11.1. The van der Waals surface area contributed by atoms with Crippen molar-refractivity contribution in [2.24, 2.45) is 0 Å². The van der Waals surface area contributed by atoms with Crippen LogP contribution in [0.3, 0.4) is 0 Å². The van der Waals surface area contributed by atoms with Gasteiger partial charge in [-0.05, 0) is 38.5 Å². The Kier molecular flexibility index (Phi) is 8.18. The van der Waals surface area contributed by atoms with Gasteiger partial charge in [0, 0.05) is 50.0 Å². The zero-order valence-corrected chi connectivity index (χ0v) is 20.9. The highest BCUT2D eigenvalue weighted by molar-refractivity contribution is 7.88. The highest BCUT2D eigenvalue weighted by atomic mass is 32.2. The molecule has 0 bridgehead atoms. The van der Waals surface area contributed by atoms with E-state index in [1.807, 2.05) is 13.1 Å². The fraction of sp³-hybridized carbons (Fsp3) is 0.696. The van der Waals surface area contributed by atoms with Gasteiger partial charge >= 0.3 is 0 Å². The van der Waals surface area contributed by atoms with E-state index in [1.54, 1.807) is 13.3 Å². The zero-order chi connectivity index (χ0) is 24.1. The average Bonchev–Trinajstić information content (AvgIpc) is 2.80. The van der Waals surface area contributed by atoms with E-state index in [2.05, 4.69) is 20.0 Å². The molecule has 1 aliphatic heterocycles. The quantitative estimate of drug-likeness (QED) is 0.542. The molecule has 0 radical (unpaired) electrons. The lowest BCUT2D eigenvalue weighted by molar-refractivity contribution is 0.0244. The van der Waals surface area contributed by atoms with Gasteiger partial charge in [-0.15, -0.1) is 0 Å². The van der Waals surface area contributed by atoms with E-state index in [9.17, 15) is 8.42 Å². The maximum atomic E-state index is 11.6. The minimum absolute atomic E-state index is 0.0247. The summed E-state index contributed by atoms with van der Waals surface area (Å²) in [7, 11) is -1.54. The summed E-state index contributed by atoms with van der Waals surface area (Å²) < 4.78 is 42.9. The predicted octanol–water partition coefficient (Wildman–Crippen LogP) is 2.60. The standard InChI is InChI=1S/C23H35N5O5S/c1-15(14-31-2)26-23-25-13-20-21(27-23)19(12-24-22(20)33-18-8-10-32-11-9-18)16-4-6-17(7-5-16)28-34(3,29)30/h12-13,15-18,28H,4-11,14H2,1-3H3,(H,25,26,27)/t15-,16?,17?/m0/s1. The minimum atomic E-state index is -3.21. The molecule has 1 saturated carbocycles. The van der Waals surface area contributed by atoms with E-state index in [-0.39, 0.29) is 24.1 Å². The van der Waals surface area contributed by atoms with E-state index in [0.29, 0.717) is 31.6 Å². The maximum absolute atomic E-state index is 11.6. The average molecular weight is 494 g/mol. The minimum Gasteiger partial charge on any atom is -0.474 e. The van der Waals surface area contributed by atoms with E-state index >= 15 is 0 Å². The van der Waals surface area contributed by atoms with Crippen LogP contribution >= 0.6 is 0 Å². The highest BCUT2D eigenvalue weighted by Gasteiger charge is 2.27. The van der Waals surface area contributed by atoms with E-state index in [0.717, 1.165) is 55.0 Å². The highest BCUT2D eigenvalue weighted by Crippen LogP contribution is 2.38. The molecule has 10 nitrogen and oxygen atoms in total. The van der Waals surface area contributed by atoms with Gasteiger partial charge in [-0.1, -0.05) is 0 Å². The molecule has 2 N–H and O–H groups in total. The second-order valence-electron chi connectivity index (χ2n) is 9.34. The van der Waals surface area contributed by atoms with Crippen LogP contribution in [-0.4, -0.2) is 74.7 Å². The van der Waals surface area contributed by atoms with Gasteiger partial charge in [-0.2, -0.15) is 0 Å². The number of hydrogen-bond donors (Lipinski definition) is 2. The van der Waals surface area contributed by atoms with Crippen LogP contribution in [0.1, 0.15) is 56.9 Å². The Balaban J connectivity index is 1.61. The van der Waals surface area contributed by atoms with Gasteiger partial charge in [0.25, 0.3) is 0 Å². The van der Waals surface area contributed by atoms with Crippen LogP contribution in [0.4, 0.5) is 5.95 Å². The Hall–Kier alpha value is -2.08. The van der Waals surface area contributed by atoms with E-state index in [4.69, 9.17) is 19.2 Å².